The lowest BCUT2D eigenvalue weighted by atomic mass is 9.90. The Bertz CT molecular complexity index is 884. The predicted molar refractivity (Wildman–Crippen MR) is 117 cm³/mol. The number of amides is 1. The summed E-state index contributed by atoms with van der Waals surface area (Å²) in [5.74, 6) is -0.641. The van der Waals surface area contributed by atoms with Crippen LogP contribution in [0.5, 0.6) is 5.75 Å². The third-order valence-electron chi connectivity index (χ3n) is 5.11. The fourth-order valence-corrected chi connectivity index (χ4v) is 3.89. The molecule has 1 aromatic rings. The number of aryl methyl sites for hydroxylation is 1. The summed E-state index contributed by atoms with van der Waals surface area (Å²) in [6, 6.07) is 5.89. The fourth-order valence-electron chi connectivity index (χ4n) is 3.43. The standard InChI is InChI=1S/C21H29N3O6S/c1-20(2,3)29-19(27)24-30-21(4,17(25)26)16-9-7-13-10-12(6-8-15(13)28-16)14-11-22-18(23-14)31-5/h6,8,10,14,16H,7,9,11H2,1-5H3,(H,22,23)(H,24,27)(H,25,26)/t14?,16-,21+/m1/s1. The number of carboxylic acid groups (broad SMARTS) is 1. The normalized spacial score (nSPS) is 22.3. The highest BCUT2D eigenvalue weighted by molar-refractivity contribution is 8.13. The molecule has 1 aromatic carbocycles. The molecule has 0 aromatic heterocycles. The van der Waals surface area contributed by atoms with Crippen molar-refractivity contribution in [3.8, 4) is 5.75 Å². The van der Waals surface area contributed by atoms with Gasteiger partial charge in [0.1, 0.15) is 17.5 Å². The second kappa shape index (κ2) is 8.96. The smallest absolute Gasteiger partial charge is 0.431 e. The van der Waals surface area contributed by atoms with E-state index >= 15 is 0 Å². The number of hydrogen-bond donors (Lipinski definition) is 3. The monoisotopic (exact) mass is 451 g/mol. The molecule has 2 aliphatic rings. The number of hydrogen-bond acceptors (Lipinski definition) is 8. The van der Waals surface area contributed by atoms with E-state index in [4.69, 9.17) is 14.3 Å². The molecule has 3 atom stereocenters. The van der Waals surface area contributed by atoms with E-state index in [9.17, 15) is 14.7 Å². The minimum absolute atomic E-state index is 0.0520. The number of carbonyl (C=O) groups excluding carboxylic acids is 1. The van der Waals surface area contributed by atoms with Gasteiger partial charge in [-0.15, -0.1) is 0 Å². The maximum Gasteiger partial charge on any atom is 0.431 e. The lowest BCUT2D eigenvalue weighted by Crippen LogP contribution is -2.56. The van der Waals surface area contributed by atoms with Crippen molar-refractivity contribution in [1.82, 2.24) is 10.8 Å². The summed E-state index contributed by atoms with van der Waals surface area (Å²) in [6.07, 6.45) is 1.35. The molecule has 0 bridgehead atoms. The van der Waals surface area contributed by atoms with Crippen LogP contribution in [0, 0.1) is 0 Å². The van der Waals surface area contributed by atoms with Gasteiger partial charge in [0.15, 0.2) is 5.17 Å². The number of benzene rings is 1. The minimum Gasteiger partial charge on any atom is -0.486 e. The number of carboxylic acids is 1. The number of nitrogens with zero attached hydrogens (tertiary/aromatic N) is 1. The second-order valence-electron chi connectivity index (χ2n) is 8.67. The van der Waals surface area contributed by atoms with Gasteiger partial charge in [-0.1, -0.05) is 17.8 Å². The average molecular weight is 452 g/mol. The number of aliphatic carboxylic acids is 1. The molecule has 3 rings (SSSR count). The first-order valence-electron chi connectivity index (χ1n) is 10.1. The number of aliphatic imine (C=N–C) groups is 1. The first-order chi connectivity index (χ1) is 14.5. The highest BCUT2D eigenvalue weighted by atomic mass is 32.2. The first kappa shape index (κ1) is 23.2. The minimum atomic E-state index is -1.79. The van der Waals surface area contributed by atoms with Crippen LogP contribution in [0.25, 0.3) is 0 Å². The van der Waals surface area contributed by atoms with Gasteiger partial charge in [0.25, 0.3) is 0 Å². The van der Waals surface area contributed by atoms with E-state index in [0.717, 1.165) is 22.8 Å². The Morgan fingerprint density at radius 3 is 2.68 bits per heavy atom. The Labute approximate surface area is 185 Å². The SMILES string of the molecule is CSC1=NC(c2ccc3c(c2)CC[C@H]([C@](C)(ONC(=O)OC(C)(C)C)C(=O)O)O3)CN1. The topological polar surface area (TPSA) is 118 Å². The maximum atomic E-state index is 12.0. The van der Waals surface area contributed by atoms with E-state index in [2.05, 4.69) is 21.9 Å². The van der Waals surface area contributed by atoms with Gasteiger partial charge in [-0.25, -0.2) is 14.4 Å². The van der Waals surface area contributed by atoms with E-state index < -0.39 is 29.4 Å². The van der Waals surface area contributed by atoms with Crippen molar-refractivity contribution in [2.24, 2.45) is 4.99 Å². The molecule has 0 saturated carbocycles. The molecular formula is C21H29N3O6S. The van der Waals surface area contributed by atoms with Crippen molar-refractivity contribution in [1.29, 1.82) is 0 Å². The highest BCUT2D eigenvalue weighted by Gasteiger charge is 2.47. The van der Waals surface area contributed by atoms with Crippen LogP contribution in [0.15, 0.2) is 23.2 Å². The number of carbonyl (C=O) groups is 2. The van der Waals surface area contributed by atoms with Crippen molar-refractivity contribution in [3.05, 3.63) is 29.3 Å². The van der Waals surface area contributed by atoms with Crippen LogP contribution in [-0.2, 0) is 20.8 Å². The third kappa shape index (κ3) is 5.43. The quantitative estimate of drug-likeness (QED) is 0.585. The fraction of sp³-hybridized carbons (Fsp3) is 0.571. The molecule has 2 heterocycles. The van der Waals surface area contributed by atoms with Crippen molar-refractivity contribution >= 4 is 29.0 Å². The highest BCUT2D eigenvalue weighted by Crippen LogP contribution is 2.35. The van der Waals surface area contributed by atoms with E-state index in [-0.39, 0.29) is 6.04 Å². The lowest BCUT2D eigenvalue weighted by Gasteiger charge is -2.36. The maximum absolute atomic E-state index is 12.0. The van der Waals surface area contributed by atoms with Crippen LogP contribution in [0.1, 0.15) is 51.3 Å². The van der Waals surface area contributed by atoms with Crippen LogP contribution < -0.4 is 15.5 Å². The third-order valence-corrected chi connectivity index (χ3v) is 5.75. The molecule has 9 nitrogen and oxygen atoms in total. The van der Waals surface area contributed by atoms with Crippen molar-refractivity contribution in [2.75, 3.05) is 12.8 Å². The van der Waals surface area contributed by atoms with Gasteiger partial charge < -0.3 is 19.9 Å². The molecule has 1 amide bonds. The number of hydroxylamine groups is 1. The Balaban J connectivity index is 1.70. The summed E-state index contributed by atoms with van der Waals surface area (Å²) in [5, 5.41) is 14.0. The van der Waals surface area contributed by atoms with Crippen molar-refractivity contribution in [2.45, 2.75) is 63.9 Å². The molecule has 0 spiro atoms. The van der Waals surface area contributed by atoms with Gasteiger partial charge in [-0.05, 0) is 70.1 Å². The zero-order valence-electron chi connectivity index (χ0n) is 18.4. The van der Waals surface area contributed by atoms with Crippen LogP contribution in [0.4, 0.5) is 4.79 Å². The van der Waals surface area contributed by atoms with Crippen LogP contribution >= 0.6 is 11.8 Å². The molecule has 0 saturated heterocycles. The number of nitrogens with one attached hydrogen (secondary N) is 2. The molecule has 1 unspecified atom stereocenters. The Hall–Kier alpha value is -2.46. The van der Waals surface area contributed by atoms with Gasteiger partial charge >= 0.3 is 12.1 Å². The number of rotatable bonds is 5. The summed E-state index contributed by atoms with van der Waals surface area (Å²) in [7, 11) is 0. The molecule has 10 heteroatoms. The van der Waals surface area contributed by atoms with E-state index in [1.807, 2.05) is 18.4 Å². The molecule has 0 fully saturated rings. The summed E-state index contributed by atoms with van der Waals surface area (Å²) in [4.78, 5) is 33.9. The zero-order valence-corrected chi connectivity index (χ0v) is 19.2. The number of amidine groups is 1. The molecular weight excluding hydrogens is 422 g/mol. The van der Waals surface area contributed by atoms with Crippen molar-refractivity contribution in [3.63, 3.8) is 0 Å². The van der Waals surface area contributed by atoms with Gasteiger partial charge in [-0.3, -0.25) is 4.99 Å². The van der Waals surface area contributed by atoms with E-state index in [1.54, 1.807) is 32.5 Å². The molecule has 3 N–H and O–H groups in total. The zero-order chi connectivity index (χ0) is 22.8. The van der Waals surface area contributed by atoms with Crippen LogP contribution in [0.3, 0.4) is 0 Å². The van der Waals surface area contributed by atoms with Gasteiger partial charge in [0, 0.05) is 6.54 Å². The lowest BCUT2D eigenvalue weighted by molar-refractivity contribution is -0.190. The average Bonchev–Trinajstić information content (AvgIpc) is 3.19. The van der Waals surface area contributed by atoms with Gasteiger partial charge in [-0.2, -0.15) is 5.48 Å². The molecule has 31 heavy (non-hydrogen) atoms. The summed E-state index contributed by atoms with van der Waals surface area (Å²) >= 11 is 1.58. The first-order valence-corrected chi connectivity index (χ1v) is 11.3. The number of thioether (sulfide) groups is 1. The molecule has 170 valence electrons. The predicted octanol–water partition coefficient (Wildman–Crippen LogP) is 3.04. The second-order valence-corrected chi connectivity index (χ2v) is 9.46. The number of ether oxygens (including phenoxy) is 2. The van der Waals surface area contributed by atoms with Crippen molar-refractivity contribution < 1.29 is 29.0 Å². The van der Waals surface area contributed by atoms with Crippen LogP contribution in [0.2, 0.25) is 0 Å². The van der Waals surface area contributed by atoms with Gasteiger partial charge in [0.05, 0.1) is 6.04 Å². The number of fused-ring (bicyclic) bond motifs is 1. The summed E-state index contributed by atoms with van der Waals surface area (Å²) < 4.78 is 11.1. The molecule has 2 aliphatic heterocycles. The Kier molecular flexibility index (Phi) is 6.70. The van der Waals surface area contributed by atoms with Gasteiger partial charge in [0.2, 0.25) is 5.60 Å². The van der Waals surface area contributed by atoms with E-state index in [0.29, 0.717) is 18.6 Å². The summed E-state index contributed by atoms with van der Waals surface area (Å²) in [6.45, 7) is 7.23. The largest absolute Gasteiger partial charge is 0.486 e. The Morgan fingerprint density at radius 1 is 1.32 bits per heavy atom. The van der Waals surface area contributed by atoms with Crippen LogP contribution in [-0.4, -0.2) is 52.4 Å². The Morgan fingerprint density at radius 2 is 2.06 bits per heavy atom. The molecule has 0 radical (unpaired) electrons. The van der Waals surface area contributed by atoms with E-state index in [1.165, 1.54) is 6.92 Å². The summed E-state index contributed by atoms with van der Waals surface area (Å²) in [5.41, 5.74) is 1.64. The molecule has 0 aliphatic carbocycles.